The second kappa shape index (κ2) is 3.71. The van der Waals surface area contributed by atoms with Gasteiger partial charge < -0.3 is 4.42 Å². The van der Waals surface area contributed by atoms with Gasteiger partial charge in [0.05, 0.1) is 10.9 Å². The van der Waals surface area contributed by atoms with Crippen molar-refractivity contribution in [1.29, 1.82) is 0 Å². The lowest BCUT2D eigenvalue weighted by Gasteiger charge is -1.92. The van der Waals surface area contributed by atoms with Crippen molar-refractivity contribution >= 4 is 43.9 Å². The average molecular weight is 275 g/mol. The molecule has 0 radical (unpaired) electrons. The standard InChI is InChI=1S/C9H5BrClNO2/c10-4-7-12-6-3-1-2-5(9(11)13)8(6)14-7/h1-3H,4H2. The van der Waals surface area contributed by atoms with Gasteiger partial charge in [0.1, 0.15) is 5.52 Å². The molecule has 0 spiro atoms. The molecule has 0 saturated heterocycles. The summed E-state index contributed by atoms with van der Waals surface area (Å²) in [5, 5.41) is -0.0229. The van der Waals surface area contributed by atoms with E-state index in [9.17, 15) is 4.79 Å². The van der Waals surface area contributed by atoms with E-state index in [1.807, 2.05) is 0 Å². The van der Waals surface area contributed by atoms with E-state index in [0.29, 0.717) is 27.9 Å². The Hall–Kier alpha value is -0.870. The van der Waals surface area contributed by atoms with Gasteiger partial charge in [-0.3, -0.25) is 4.79 Å². The van der Waals surface area contributed by atoms with Crippen molar-refractivity contribution < 1.29 is 9.21 Å². The van der Waals surface area contributed by atoms with E-state index in [2.05, 4.69) is 20.9 Å². The molecule has 72 valence electrons. The van der Waals surface area contributed by atoms with Gasteiger partial charge in [-0.1, -0.05) is 22.0 Å². The highest BCUT2D eigenvalue weighted by Crippen LogP contribution is 2.22. The minimum absolute atomic E-state index is 0.351. The van der Waals surface area contributed by atoms with Crippen molar-refractivity contribution in [3.8, 4) is 0 Å². The number of alkyl halides is 1. The van der Waals surface area contributed by atoms with Gasteiger partial charge in [0.15, 0.2) is 5.58 Å². The van der Waals surface area contributed by atoms with E-state index >= 15 is 0 Å². The van der Waals surface area contributed by atoms with Gasteiger partial charge in [-0.05, 0) is 23.7 Å². The second-order valence-corrected chi connectivity index (χ2v) is 3.57. The Morgan fingerprint density at radius 2 is 2.36 bits per heavy atom. The molecule has 0 aliphatic carbocycles. The largest absolute Gasteiger partial charge is 0.439 e. The Bertz CT molecular complexity index is 495. The summed E-state index contributed by atoms with van der Waals surface area (Å²) in [6.45, 7) is 0. The first kappa shape index (κ1) is 9.68. The summed E-state index contributed by atoms with van der Waals surface area (Å²) in [7, 11) is 0. The summed E-state index contributed by atoms with van der Waals surface area (Å²) in [5.41, 5.74) is 1.44. The van der Waals surface area contributed by atoms with Crippen LogP contribution in [0.5, 0.6) is 0 Å². The first-order chi connectivity index (χ1) is 6.72. The monoisotopic (exact) mass is 273 g/mol. The van der Waals surface area contributed by atoms with Crippen LogP contribution >= 0.6 is 27.5 Å². The van der Waals surface area contributed by atoms with E-state index in [1.165, 1.54) is 0 Å². The lowest BCUT2D eigenvalue weighted by molar-refractivity contribution is 0.108. The Kier molecular flexibility index (Phi) is 2.56. The Morgan fingerprint density at radius 1 is 1.57 bits per heavy atom. The van der Waals surface area contributed by atoms with Crippen molar-refractivity contribution in [2.75, 3.05) is 0 Å². The van der Waals surface area contributed by atoms with Gasteiger partial charge in [0, 0.05) is 0 Å². The highest BCUT2D eigenvalue weighted by molar-refractivity contribution is 9.08. The van der Waals surface area contributed by atoms with Crippen molar-refractivity contribution in [3.63, 3.8) is 0 Å². The molecule has 0 fully saturated rings. The Morgan fingerprint density at radius 3 is 3.00 bits per heavy atom. The SMILES string of the molecule is O=C(Cl)c1cccc2nc(CBr)oc12. The third-order valence-corrected chi connectivity index (χ3v) is 2.47. The van der Waals surface area contributed by atoms with Crippen molar-refractivity contribution in [2.24, 2.45) is 0 Å². The summed E-state index contributed by atoms with van der Waals surface area (Å²) in [6, 6.07) is 5.10. The molecule has 0 unspecified atom stereocenters. The zero-order valence-corrected chi connectivity index (χ0v) is 9.30. The molecule has 0 N–H and O–H groups in total. The first-order valence-corrected chi connectivity index (χ1v) is 5.36. The molecule has 0 atom stereocenters. The first-order valence-electron chi connectivity index (χ1n) is 3.86. The third kappa shape index (κ3) is 1.55. The smallest absolute Gasteiger partial charge is 0.256 e. The van der Waals surface area contributed by atoms with Crippen LogP contribution in [0.4, 0.5) is 0 Å². The zero-order valence-electron chi connectivity index (χ0n) is 6.96. The van der Waals surface area contributed by atoms with E-state index in [1.54, 1.807) is 18.2 Å². The van der Waals surface area contributed by atoms with Crippen LogP contribution < -0.4 is 0 Å². The molecule has 1 heterocycles. The Balaban J connectivity index is 2.73. The van der Waals surface area contributed by atoms with Crippen LogP contribution in [0.1, 0.15) is 16.2 Å². The number of benzene rings is 1. The van der Waals surface area contributed by atoms with Gasteiger partial charge >= 0.3 is 0 Å². The fourth-order valence-electron chi connectivity index (χ4n) is 1.21. The minimum atomic E-state index is -0.534. The molecule has 3 nitrogen and oxygen atoms in total. The van der Waals surface area contributed by atoms with Crippen LogP contribution in [0.15, 0.2) is 22.6 Å². The maximum absolute atomic E-state index is 11.0. The van der Waals surface area contributed by atoms with Gasteiger partial charge in [-0.15, -0.1) is 0 Å². The van der Waals surface area contributed by atoms with Crippen LogP contribution in [0.2, 0.25) is 0 Å². The molecule has 0 saturated carbocycles. The molecular formula is C9H5BrClNO2. The molecule has 5 heteroatoms. The summed E-state index contributed by atoms with van der Waals surface area (Å²) in [4.78, 5) is 15.2. The van der Waals surface area contributed by atoms with E-state index in [0.717, 1.165) is 0 Å². The van der Waals surface area contributed by atoms with Gasteiger partial charge in [-0.2, -0.15) is 0 Å². The number of para-hydroxylation sites is 1. The molecule has 0 bridgehead atoms. The molecule has 2 rings (SSSR count). The maximum atomic E-state index is 11.0. The number of nitrogens with zero attached hydrogens (tertiary/aromatic N) is 1. The average Bonchev–Trinajstić information content (AvgIpc) is 2.59. The van der Waals surface area contributed by atoms with Crippen LogP contribution in [0, 0.1) is 0 Å². The lowest BCUT2D eigenvalue weighted by Crippen LogP contribution is -1.87. The van der Waals surface area contributed by atoms with Gasteiger partial charge in [0.25, 0.3) is 5.24 Å². The summed E-state index contributed by atoms with van der Waals surface area (Å²) >= 11 is 8.62. The molecular weight excluding hydrogens is 269 g/mol. The number of oxazole rings is 1. The number of carbonyl (C=O) groups excluding carboxylic acids is 1. The number of fused-ring (bicyclic) bond motifs is 1. The number of halogens is 2. The molecule has 0 aliphatic heterocycles. The highest BCUT2D eigenvalue weighted by Gasteiger charge is 2.12. The predicted octanol–water partition coefficient (Wildman–Crippen LogP) is 3.10. The van der Waals surface area contributed by atoms with Crippen LogP contribution in [0.3, 0.4) is 0 Å². The predicted molar refractivity (Wildman–Crippen MR) is 56.8 cm³/mol. The number of carbonyl (C=O) groups is 1. The van der Waals surface area contributed by atoms with Crippen molar-refractivity contribution in [1.82, 2.24) is 4.98 Å². The highest BCUT2D eigenvalue weighted by atomic mass is 79.9. The molecule has 0 amide bonds. The third-order valence-electron chi connectivity index (χ3n) is 1.79. The molecule has 2 aromatic rings. The number of rotatable bonds is 2. The fraction of sp³-hybridized carbons (Fsp3) is 0.111. The van der Waals surface area contributed by atoms with E-state index < -0.39 is 5.24 Å². The molecule has 1 aromatic carbocycles. The second-order valence-electron chi connectivity index (χ2n) is 2.67. The quantitative estimate of drug-likeness (QED) is 0.624. The van der Waals surface area contributed by atoms with Gasteiger partial charge in [-0.25, -0.2) is 4.98 Å². The number of aromatic nitrogens is 1. The Labute approximate surface area is 93.2 Å². The summed E-state index contributed by atoms with van der Waals surface area (Å²) < 4.78 is 5.35. The van der Waals surface area contributed by atoms with Crippen LogP contribution in [-0.4, -0.2) is 10.2 Å². The summed E-state index contributed by atoms with van der Waals surface area (Å²) in [6.07, 6.45) is 0. The van der Waals surface area contributed by atoms with E-state index in [4.69, 9.17) is 16.0 Å². The summed E-state index contributed by atoms with van der Waals surface area (Å²) in [5.74, 6) is 0.533. The van der Waals surface area contributed by atoms with Crippen molar-refractivity contribution in [2.45, 2.75) is 5.33 Å². The maximum Gasteiger partial charge on any atom is 0.256 e. The molecule has 0 aliphatic rings. The molecule has 14 heavy (non-hydrogen) atoms. The van der Waals surface area contributed by atoms with E-state index in [-0.39, 0.29) is 0 Å². The molecule has 1 aromatic heterocycles. The lowest BCUT2D eigenvalue weighted by atomic mass is 10.2. The normalized spacial score (nSPS) is 10.7. The van der Waals surface area contributed by atoms with Crippen LogP contribution in [0.25, 0.3) is 11.1 Å². The topological polar surface area (TPSA) is 43.1 Å². The van der Waals surface area contributed by atoms with Crippen molar-refractivity contribution in [3.05, 3.63) is 29.7 Å². The number of hydrogen-bond acceptors (Lipinski definition) is 3. The minimum Gasteiger partial charge on any atom is -0.439 e. The number of hydrogen-bond donors (Lipinski definition) is 0. The zero-order chi connectivity index (χ0) is 10.1. The fourth-order valence-corrected chi connectivity index (χ4v) is 1.60. The van der Waals surface area contributed by atoms with Gasteiger partial charge in [0.2, 0.25) is 5.89 Å². The van der Waals surface area contributed by atoms with Crippen LogP contribution in [-0.2, 0) is 5.33 Å².